The van der Waals surface area contributed by atoms with Crippen molar-refractivity contribution in [3.63, 3.8) is 0 Å². The number of ether oxygens (including phenoxy) is 2. The van der Waals surface area contributed by atoms with E-state index in [0.29, 0.717) is 26.1 Å². The molecule has 0 aromatic carbocycles. The van der Waals surface area contributed by atoms with Gasteiger partial charge >= 0.3 is 11.9 Å². The maximum atomic E-state index is 12.4. The molecule has 6 heteroatoms. The highest BCUT2D eigenvalue weighted by molar-refractivity contribution is 5.69. The lowest BCUT2D eigenvalue weighted by Crippen LogP contribution is -2.35. The maximum Gasteiger partial charge on any atom is 0.305 e. The van der Waals surface area contributed by atoms with Crippen molar-refractivity contribution in [1.82, 2.24) is 9.80 Å². The van der Waals surface area contributed by atoms with Gasteiger partial charge in [0, 0.05) is 25.9 Å². The third kappa shape index (κ3) is 33.8. The van der Waals surface area contributed by atoms with Crippen molar-refractivity contribution in [1.29, 1.82) is 0 Å². The van der Waals surface area contributed by atoms with Crippen LogP contribution in [0.1, 0.15) is 246 Å². The standard InChI is InChI=1S/C50H98N2O4/c1-5-9-19-31-47(32-20-10-6-2)35-29-45-55-49(53)37-23-15-13-17-25-39-51(43-44-52-41-27-28-42-52)40-26-18-14-16-24-38-50(54)56-46-30-36-48(33-21-11-7-3)34-22-12-8-4/h47-48H,5-46H2,1-4H3. The normalized spacial score (nSPS) is 13.5. The molecule has 0 spiro atoms. The molecule has 0 atom stereocenters. The summed E-state index contributed by atoms with van der Waals surface area (Å²) < 4.78 is 11.3. The molecule has 332 valence electrons. The van der Waals surface area contributed by atoms with Gasteiger partial charge in [-0.25, -0.2) is 0 Å². The van der Waals surface area contributed by atoms with Crippen LogP contribution >= 0.6 is 0 Å². The minimum Gasteiger partial charge on any atom is -0.466 e. The predicted octanol–water partition coefficient (Wildman–Crippen LogP) is 14.3. The van der Waals surface area contributed by atoms with Crippen molar-refractivity contribution in [3.05, 3.63) is 0 Å². The Kier molecular flexibility index (Phi) is 38.4. The van der Waals surface area contributed by atoms with Crippen LogP contribution in [0.4, 0.5) is 0 Å². The number of hydrogen-bond donors (Lipinski definition) is 0. The molecule has 1 aliphatic heterocycles. The van der Waals surface area contributed by atoms with Gasteiger partial charge in [-0.1, -0.05) is 169 Å². The van der Waals surface area contributed by atoms with Crippen LogP contribution in [0.3, 0.4) is 0 Å². The highest BCUT2D eigenvalue weighted by Crippen LogP contribution is 2.24. The fourth-order valence-electron chi connectivity index (χ4n) is 8.75. The second-order valence-corrected chi connectivity index (χ2v) is 17.9. The molecule has 1 aliphatic rings. The smallest absolute Gasteiger partial charge is 0.305 e. The van der Waals surface area contributed by atoms with Crippen LogP contribution < -0.4 is 0 Å². The van der Waals surface area contributed by atoms with E-state index in [2.05, 4.69) is 37.5 Å². The first kappa shape index (κ1) is 52.9. The van der Waals surface area contributed by atoms with E-state index in [0.717, 1.165) is 50.4 Å². The summed E-state index contributed by atoms with van der Waals surface area (Å²) in [6.07, 6.45) is 41.3. The second-order valence-electron chi connectivity index (χ2n) is 17.9. The molecule has 1 rings (SSSR count). The van der Waals surface area contributed by atoms with Crippen LogP contribution in [-0.2, 0) is 19.1 Å². The lowest BCUT2D eigenvalue weighted by atomic mass is 9.91. The quantitative estimate of drug-likeness (QED) is 0.0453. The summed E-state index contributed by atoms with van der Waals surface area (Å²) >= 11 is 0. The summed E-state index contributed by atoms with van der Waals surface area (Å²) in [5.74, 6) is 1.65. The zero-order valence-corrected chi connectivity index (χ0v) is 38.4. The van der Waals surface area contributed by atoms with Crippen molar-refractivity contribution in [2.75, 3.05) is 52.5 Å². The van der Waals surface area contributed by atoms with Crippen molar-refractivity contribution < 1.29 is 19.1 Å². The zero-order chi connectivity index (χ0) is 40.6. The molecule has 1 heterocycles. The van der Waals surface area contributed by atoms with E-state index in [4.69, 9.17) is 9.47 Å². The summed E-state index contributed by atoms with van der Waals surface area (Å²) in [4.78, 5) is 30.1. The van der Waals surface area contributed by atoms with Crippen molar-refractivity contribution in [2.24, 2.45) is 11.8 Å². The van der Waals surface area contributed by atoms with Gasteiger partial charge in [0.2, 0.25) is 0 Å². The average Bonchev–Trinajstić information content (AvgIpc) is 3.73. The number of likely N-dealkylation sites (tertiary alicyclic amines) is 1. The van der Waals surface area contributed by atoms with Crippen LogP contribution in [0.2, 0.25) is 0 Å². The monoisotopic (exact) mass is 791 g/mol. The zero-order valence-electron chi connectivity index (χ0n) is 38.4. The fourth-order valence-corrected chi connectivity index (χ4v) is 8.75. The Labute approximate surface area is 350 Å². The molecule has 0 N–H and O–H groups in total. The first-order chi connectivity index (χ1) is 27.5. The minimum atomic E-state index is 0.0106. The largest absolute Gasteiger partial charge is 0.466 e. The second kappa shape index (κ2) is 40.6. The van der Waals surface area contributed by atoms with E-state index >= 15 is 0 Å². The van der Waals surface area contributed by atoms with Crippen molar-refractivity contribution in [2.45, 2.75) is 246 Å². The van der Waals surface area contributed by atoms with Crippen LogP contribution in [-0.4, -0.2) is 74.2 Å². The molecule has 0 bridgehead atoms. The van der Waals surface area contributed by atoms with Crippen molar-refractivity contribution >= 4 is 11.9 Å². The molecular weight excluding hydrogens is 693 g/mol. The third-order valence-electron chi connectivity index (χ3n) is 12.5. The molecule has 0 unspecified atom stereocenters. The van der Waals surface area contributed by atoms with Gasteiger partial charge in [0.15, 0.2) is 0 Å². The number of esters is 2. The number of rotatable bonds is 43. The van der Waals surface area contributed by atoms with Gasteiger partial charge in [0.25, 0.3) is 0 Å². The number of hydrogen-bond acceptors (Lipinski definition) is 6. The van der Waals surface area contributed by atoms with Crippen LogP contribution in [0.25, 0.3) is 0 Å². The molecular formula is C50H98N2O4. The Balaban J connectivity index is 2.16. The summed E-state index contributed by atoms with van der Waals surface area (Å²) in [5.41, 5.74) is 0. The predicted molar refractivity (Wildman–Crippen MR) is 241 cm³/mol. The maximum absolute atomic E-state index is 12.4. The van der Waals surface area contributed by atoms with E-state index in [1.165, 1.54) is 206 Å². The van der Waals surface area contributed by atoms with E-state index in [1.807, 2.05) is 0 Å². The molecule has 6 nitrogen and oxygen atoms in total. The number of carbonyl (C=O) groups excluding carboxylic acids is 2. The molecule has 0 aliphatic carbocycles. The lowest BCUT2D eigenvalue weighted by molar-refractivity contribution is -0.144. The Bertz CT molecular complexity index is 769. The highest BCUT2D eigenvalue weighted by atomic mass is 16.5. The molecule has 0 radical (unpaired) electrons. The SMILES string of the molecule is CCCCCC(CCCCC)CCCOC(=O)CCCCCCCN(CCCCCCCC(=O)OCCCC(CCCCC)CCCCC)CCN1CCCC1. The summed E-state index contributed by atoms with van der Waals surface area (Å²) in [6, 6.07) is 0. The Morgan fingerprint density at radius 3 is 1.20 bits per heavy atom. The van der Waals surface area contributed by atoms with Gasteiger partial charge in [-0.2, -0.15) is 0 Å². The van der Waals surface area contributed by atoms with Gasteiger partial charge < -0.3 is 19.3 Å². The minimum absolute atomic E-state index is 0.0106. The van der Waals surface area contributed by atoms with Gasteiger partial charge in [-0.15, -0.1) is 0 Å². The molecule has 56 heavy (non-hydrogen) atoms. The van der Waals surface area contributed by atoms with Gasteiger partial charge in [-0.05, 0) is 102 Å². The number of carbonyl (C=O) groups is 2. The molecule has 1 saturated heterocycles. The first-order valence-electron chi connectivity index (χ1n) is 25.3. The van der Waals surface area contributed by atoms with Gasteiger partial charge in [0.1, 0.15) is 0 Å². The third-order valence-corrected chi connectivity index (χ3v) is 12.5. The topological polar surface area (TPSA) is 59.1 Å². The molecule has 0 aromatic heterocycles. The summed E-state index contributed by atoms with van der Waals surface area (Å²) in [5, 5.41) is 0. The molecule has 1 fully saturated rings. The van der Waals surface area contributed by atoms with E-state index in [1.54, 1.807) is 0 Å². The van der Waals surface area contributed by atoms with Crippen molar-refractivity contribution in [3.8, 4) is 0 Å². The highest BCUT2D eigenvalue weighted by Gasteiger charge is 2.14. The summed E-state index contributed by atoms with van der Waals surface area (Å²) in [6.45, 7) is 17.7. The Morgan fingerprint density at radius 1 is 0.446 bits per heavy atom. The van der Waals surface area contributed by atoms with Crippen LogP contribution in [0, 0.1) is 11.8 Å². The Morgan fingerprint density at radius 2 is 0.804 bits per heavy atom. The lowest BCUT2D eigenvalue weighted by Gasteiger charge is -2.25. The van der Waals surface area contributed by atoms with Crippen LogP contribution in [0.15, 0.2) is 0 Å². The fraction of sp³-hybridized carbons (Fsp3) is 0.960. The van der Waals surface area contributed by atoms with E-state index < -0.39 is 0 Å². The van der Waals surface area contributed by atoms with E-state index in [9.17, 15) is 9.59 Å². The van der Waals surface area contributed by atoms with Crippen LogP contribution in [0.5, 0.6) is 0 Å². The Hall–Kier alpha value is -1.14. The van der Waals surface area contributed by atoms with Gasteiger partial charge in [0.05, 0.1) is 13.2 Å². The summed E-state index contributed by atoms with van der Waals surface area (Å²) in [7, 11) is 0. The molecule has 0 amide bonds. The van der Waals surface area contributed by atoms with E-state index in [-0.39, 0.29) is 11.9 Å². The first-order valence-corrected chi connectivity index (χ1v) is 25.3. The van der Waals surface area contributed by atoms with Gasteiger partial charge in [-0.3, -0.25) is 9.59 Å². The molecule has 0 aromatic rings. The number of unbranched alkanes of at least 4 members (excludes halogenated alkanes) is 16. The average molecular weight is 791 g/mol. The number of nitrogens with zero attached hydrogens (tertiary/aromatic N) is 2. The molecule has 0 saturated carbocycles.